The molecule has 2 rings (SSSR count). The molecule has 0 aromatic heterocycles. The Morgan fingerprint density at radius 2 is 2.21 bits per heavy atom. The Morgan fingerprint density at radius 1 is 1.43 bits per heavy atom. The van der Waals surface area contributed by atoms with Crippen molar-refractivity contribution in [1.29, 1.82) is 0 Å². The van der Waals surface area contributed by atoms with Gasteiger partial charge in [0, 0.05) is 16.4 Å². The molecule has 0 aliphatic carbocycles. The summed E-state index contributed by atoms with van der Waals surface area (Å²) in [4.78, 5) is 0. The van der Waals surface area contributed by atoms with Gasteiger partial charge < -0.3 is 5.32 Å². The third-order valence-electron chi connectivity index (χ3n) is 3.21. The molecule has 1 saturated heterocycles. The third-order valence-corrected chi connectivity index (χ3v) is 3.70. The molecule has 1 aromatic carbocycles. The molecule has 1 unspecified atom stereocenters. The van der Waals surface area contributed by atoms with Crippen molar-refractivity contribution < 1.29 is 0 Å². The number of hydrogen-bond acceptors (Lipinski definition) is 1. The van der Waals surface area contributed by atoms with E-state index >= 15 is 0 Å². The van der Waals surface area contributed by atoms with Crippen LogP contribution in [0.2, 0.25) is 0 Å². The molecule has 1 N–H and O–H groups in total. The predicted molar refractivity (Wildman–Crippen MR) is 63.7 cm³/mol. The van der Waals surface area contributed by atoms with Gasteiger partial charge in [-0.15, -0.1) is 0 Å². The van der Waals surface area contributed by atoms with Gasteiger partial charge in [0.15, 0.2) is 0 Å². The van der Waals surface area contributed by atoms with Gasteiger partial charge in [0.1, 0.15) is 0 Å². The molecular formula is C12H16BrN. The van der Waals surface area contributed by atoms with Crippen molar-refractivity contribution in [3.63, 3.8) is 0 Å². The summed E-state index contributed by atoms with van der Waals surface area (Å²) in [6.45, 7) is 6.80. The number of aryl methyl sites for hydroxylation is 1. The van der Waals surface area contributed by atoms with Crippen molar-refractivity contribution in [3.05, 3.63) is 33.8 Å². The van der Waals surface area contributed by atoms with Gasteiger partial charge in [-0.1, -0.05) is 28.9 Å². The van der Waals surface area contributed by atoms with Crippen molar-refractivity contribution in [3.8, 4) is 0 Å². The quantitative estimate of drug-likeness (QED) is 0.812. The number of benzene rings is 1. The summed E-state index contributed by atoms with van der Waals surface area (Å²) in [6, 6.07) is 6.61. The molecule has 0 bridgehead atoms. The maximum Gasteiger partial charge on any atom is 0.0178 e. The van der Waals surface area contributed by atoms with Crippen LogP contribution in [-0.2, 0) is 5.41 Å². The van der Waals surface area contributed by atoms with E-state index in [2.05, 4.69) is 53.3 Å². The number of rotatable bonds is 1. The van der Waals surface area contributed by atoms with Crippen LogP contribution in [0.3, 0.4) is 0 Å². The molecule has 0 amide bonds. The molecule has 1 nitrogen and oxygen atoms in total. The molecule has 2 heteroatoms. The van der Waals surface area contributed by atoms with E-state index in [0.29, 0.717) is 5.41 Å². The van der Waals surface area contributed by atoms with Gasteiger partial charge in [-0.25, -0.2) is 0 Å². The lowest BCUT2D eigenvalue weighted by Crippen LogP contribution is -2.25. The summed E-state index contributed by atoms with van der Waals surface area (Å²) in [6.07, 6.45) is 1.25. The minimum Gasteiger partial charge on any atom is -0.316 e. The number of hydrogen-bond donors (Lipinski definition) is 1. The highest BCUT2D eigenvalue weighted by Crippen LogP contribution is 2.33. The highest BCUT2D eigenvalue weighted by molar-refractivity contribution is 9.10. The van der Waals surface area contributed by atoms with E-state index in [1.165, 1.54) is 22.0 Å². The lowest BCUT2D eigenvalue weighted by atomic mass is 9.80. The Labute approximate surface area is 94.0 Å². The van der Waals surface area contributed by atoms with Gasteiger partial charge >= 0.3 is 0 Å². The van der Waals surface area contributed by atoms with E-state index in [4.69, 9.17) is 0 Å². The lowest BCUT2D eigenvalue weighted by Gasteiger charge is -2.25. The van der Waals surface area contributed by atoms with Crippen LogP contribution in [0.5, 0.6) is 0 Å². The number of halogens is 1. The molecule has 1 heterocycles. The average molecular weight is 254 g/mol. The highest BCUT2D eigenvalue weighted by atomic mass is 79.9. The summed E-state index contributed by atoms with van der Waals surface area (Å²) in [5.41, 5.74) is 3.22. The Balaban J connectivity index is 2.40. The first-order valence-electron chi connectivity index (χ1n) is 5.09. The second-order valence-electron chi connectivity index (χ2n) is 4.45. The molecule has 1 aliphatic heterocycles. The van der Waals surface area contributed by atoms with Crippen LogP contribution < -0.4 is 5.32 Å². The van der Waals surface area contributed by atoms with E-state index in [9.17, 15) is 0 Å². The Hall–Kier alpha value is -0.340. The lowest BCUT2D eigenvalue weighted by molar-refractivity contribution is 0.522. The predicted octanol–water partition coefficient (Wildman–Crippen LogP) is 3.01. The maximum atomic E-state index is 3.51. The topological polar surface area (TPSA) is 12.0 Å². The second-order valence-corrected chi connectivity index (χ2v) is 5.36. The van der Waals surface area contributed by atoms with Crippen molar-refractivity contribution in [1.82, 2.24) is 5.32 Å². The molecular weight excluding hydrogens is 238 g/mol. The average Bonchev–Trinajstić information content (AvgIpc) is 2.52. The largest absolute Gasteiger partial charge is 0.316 e. The van der Waals surface area contributed by atoms with Crippen LogP contribution in [0.4, 0.5) is 0 Å². The Kier molecular flexibility index (Phi) is 2.67. The van der Waals surface area contributed by atoms with E-state index < -0.39 is 0 Å². The van der Waals surface area contributed by atoms with Crippen LogP contribution in [-0.4, -0.2) is 13.1 Å². The van der Waals surface area contributed by atoms with Gasteiger partial charge in [0.2, 0.25) is 0 Å². The fourth-order valence-corrected chi connectivity index (χ4v) is 2.83. The molecule has 76 valence electrons. The highest BCUT2D eigenvalue weighted by Gasteiger charge is 2.31. The second kappa shape index (κ2) is 3.67. The summed E-state index contributed by atoms with van der Waals surface area (Å²) in [5, 5.41) is 3.44. The summed E-state index contributed by atoms with van der Waals surface area (Å²) >= 11 is 3.51. The Morgan fingerprint density at radius 3 is 2.79 bits per heavy atom. The normalized spacial score (nSPS) is 26.8. The first-order valence-corrected chi connectivity index (χ1v) is 5.88. The summed E-state index contributed by atoms with van der Waals surface area (Å²) in [7, 11) is 0. The Bertz CT molecular complexity index is 340. The van der Waals surface area contributed by atoms with E-state index in [1.54, 1.807) is 0 Å². The number of nitrogens with one attached hydrogen (secondary N) is 1. The van der Waals surface area contributed by atoms with Crippen LogP contribution in [0.25, 0.3) is 0 Å². The minimum atomic E-state index is 0.338. The first kappa shape index (κ1) is 10.2. The smallest absolute Gasteiger partial charge is 0.0178 e. The van der Waals surface area contributed by atoms with Crippen molar-refractivity contribution in [2.24, 2.45) is 0 Å². The van der Waals surface area contributed by atoms with Gasteiger partial charge in [-0.3, -0.25) is 0 Å². The SMILES string of the molecule is Cc1cc(Br)ccc1C1(C)CCNC1. The van der Waals surface area contributed by atoms with Crippen molar-refractivity contribution in [2.75, 3.05) is 13.1 Å². The van der Waals surface area contributed by atoms with Crippen LogP contribution in [0.15, 0.2) is 22.7 Å². The fourth-order valence-electron chi connectivity index (χ4n) is 2.35. The summed E-state index contributed by atoms with van der Waals surface area (Å²) < 4.78 is 1.17. The van der Waals surface area contributed by atoms with Crippen LogP contribution in [0.1, 0.15) is 24.5 Å². The van der Waals surface area contributed by atoms with Gasteiger partial charge in [-0.2, -0.15) is 0 Å². The molecule has 0 saturated carbocycles. The van der Waals surface area contributed by atoms with Crippen LogP contribution in [0, 0.1) is 6.92 Å². The molecule has 14 heavy (non-hydrogen) atoms. The van der Waals surface area contributed by atoms with Crippen molar-refractivity contribution >= 4 is 15.9 Å². The van der Waals surface area contributed by atoms with E-state index in [-0.39, 0.29) is 0 Å². The molecule has 0 radical (unpaired) electrons. The molecule has 1 aromatic rings. The zero-order valence-corrected chi connectivity index (χ0v) is 10.3. The van der Waals surface area contributed by atoms with E-state index in [1.807, 2.05) is 0 Å². The maximum absolute atomic E-state index is 3.51. The standard InChI is InChI=1S/C12H16BrN/c1-9-7-10(13)3-4-11(9)12(2)5-6-14-8-12/h3-4,7,14H,5-6,8H2,1-2H3. The fraction of sp³-hybridized carbons (Fsp3) is 0.500. The molecule has 1 atom stereocenters. The molecule has 1 fully saturated rings. The van der Waals surface area contributed by atoms with E-state index in [0.717, 1.165) is 13.1 Å². The van der Waals surface area contributed by atoms with Gasteiger partial charge in [-0.05, 0) is 43.1 Å². The first-order chi connectivity index (χ1) is 6.62. The molecule has 1 aliphatic rings. The zero-order valence-electron chi connectivity index (χ0n) is 8.73. The zero-order chi connectivity index (χ0) is 10.2. The monoisotopic (exact) mass is 253 g/mol. The minimum absolute atomic E-state index is 0.338. The molecule has 0 spiro atoms. The van der Waals surface area contributed by atoms with Crippen LogP contribution >= 0.6 is 15.9 Å². The van der Waals surface area contributed by atoms with Gasteiger partial charge in [0.05, 0.1) is 0 Å². The van der Waals surface area contributed by atoms with Gasteiger partial charge in [0.25, 0.3) is 0 Å². The summed E-state index contributed by atoms with van der Waals surface area (Å²) in [5.74, 6) is 0. The van der Waals surface area contributed by atoms with Crippen molar-refractivity contribution in [2.45, 2.75) is 25.7 Å². The third kappa shape index (κ3) is 1.73.